The smallest absolute Gasteiger partial charge is 0.169 e. The molecule has 1 aromatic carbocycles. The lowest BCUT2D eigenvalue weighted by atomic mass is 10.00. The Morgan fingerprint density at radius 3 is 2.44 bits per heavy atom. The SMILES string of the molecule is CC1(C)C(C(=O)c2cn(CC3CCOCC3)c3ccc(CN)cc23)C1(C)C. The lowest BCUT2D eigenvalue weighted by molar-refractivity contribution is 0.0616. The van der Waals surface area contributed by atoms with Crippen molar-refractivity contribution in [3.63, 3.8) is 0 Å². The van der Waals surface area contributed by atoms with Crippen molar-refractivity contribution in [2.24, 2.45) is 28.4 Å². The van der Waals surface area contributed by atoms with E-state index in [4.69, 9.17) is 10.5 Å². The molecule has 2 fully saturated rings. The van der Waals surface area contributed by atoms with Crippen molar-refractivity contribution < 1.29 is 9.53 Å². The molecule has 0 radical (unpaired) electrons. The third kappa shape index (κ3) is 2.94. The minimum absolute atomic E-state index is 0.0463. The molecule has 4 heteroatoms. The van der Waals surface area contributed by atoms with Crippen LogP contribution in [-0.2, 0) is 17.8 Å². The summed E-state index contributed by atoms with van der Waals surface area (Å²) in [5, 5.41) is 1.06. The quantitative estimate of drug-likeness (QED) is 0.796. The molecule has 27 heavy (non-hydrogen) atoms. The van der Waals surface area contributed by atoms with Crippen LogP contribution in [0, 0.1) is 22.7 Å². The molecule has 146 valence electrons. The third-order valence-corrected chi connectivity index (χ3v) is 7.53. The number of benzene rings is 1. The number of nitrogens with two attached hydrogens (primary N) is 1. The van der Waals surface area contributed by atoms with Crippen LogP contribution in [0.1, 0.15) is 56.5 Å². The van der Waals surface area contributed by atoms with Gasteiger partial charge in [0.15, 0.2) is 5.78 Å². The summed E-state index contributed by atoms with van der Waals surface area (Å²) in [7, 11) is 0. The number of hydrogen-bond donors (Lipinski definition) is 1. The average molecular weight is 369 g/mol. The maximum absolute atomic E-state index is 13.5. The summed E-state index contributed by atoms with van der Waals surface area (Å²) < 4.78 is 7.80. The van der Waals surface area contributed by atoms with Gasteiger partial charge in [0, 0.05) is 54.9 Å². The van der Waals surface area contributed by atoms with Crippen molar-refractivity contribution in [1.82, 2.24) is 4.57 Å². The molecule has 4 rings (SSSR count). The van der Waals surface area contributed by atoms with E-state index < -0.39 is 0 Å². The molecular weight excluding hydrogens is 336 g/mol. The van der Waals surface area contributed by atoms with Crippen LogP contribution in [-0.4, -0.2) is 23.6 Å². The van der Waals surface area contributed by atoms with Gasteiger partial charge >= 0.3 is 0 Å². The standard InChI is InChI=1S/C23H32N2O2/c1-22(2)21(23(22,3)4)20(26)18-14-25(13-15-7-9-27-10-8-15)19-6-5-16(12-24)11-17(18)19/h5-6,11,14-15,21H,7-10,12-13,24H2,1-4H3. The van der Waals surface area contributed by atoms with Gasteiger partial charge in [0.1, 0.15) is 0 Å². The summed E-state index contributed by atoms with van der Waals surface area (Å²) in [5.41, 5.74) is 9.07. The zero-order valence-electron chi connectivity index (χ0n) is 17.0. The van der Waals surface area contributed by atoms with E-state index in [1.807, 2.05) is 0 Å². The molecule has 4 nitrogen and oxygen atoms in total. The topological polar surface area (TPSA) is 57.2 Å². The molecular formula is C23H32N2O2. The van der Waals surface area contributed by atoms with E-state index in [9.17, 15) is 4.79 Å². The first-order chi connectivity index (χ1) is 12.8. The fourth-order valence-electron chi connectivity index (χ4n) is 5.03. The highest BCUT2D eigenvalue weighted by Crippen LogP contribution is 2.69. The Kier molecular flexibility index (Phi) is 4.47. The summed E-state index contributed by atoms with van der Waals surface area (Å²) in [6.07, 6.45) is 4.28. The van der Waals surface area contributed by atoms with Crippen LogP contribution in [0.3, 0.4) is 0 Å². The van der Waals surface area contributed by atoms with Crippen molar-refractivity contribution in [3.05, 3.63) is 35.5 Å². The van der Waals surface area contributed by atoms with Gasteiger partial charge in [-0.05, 0) is 47.3 Å². The number of carbonyl (C=O) groups excluding carboxylic acids is 1. The van der Waals surface area contributed by atoms with E-state index >= 15 is 0 Å². The van der Waals surface area contributed by atoms with Crippen molar-refractivity contribution in [2.45, 2.75) is 53.6 Å². The normalized spacial score (nSPS) is 22.3. The maximum Gasteiger partial charge on any atom is 0.169 e. The van der Waals surface area contributed by atoms with Crippen molar-refractivity contribution >= 4 is 16.7 Å². The molecule has 1 aromatic heterocycles. The van der Waals surface area contributed by atoms with Crippen LogP contribution in [0.5, 0.6) is 0 Å². The van der Waals surface area contributed by atoms with E-state index in [1.165, 1.54) is 0 Å². The monoisotopic (exact) mass is 368 g/mol. The van der Waals surface area contributed by atoms with Crippen molar-refractivity contribution in [3.8, 4) is 0 Å². The highest BCUT2D eigenvalue weighted by Gasteiger charge is 2.68. The van der Waals surface area contributed by atoms with Crippen LogP contribution in [0.15, 0.2) is 24.4 Å². The highest BCUT2D eigenvalue weighted by molar-refractivity contribution is 6.11. The molecule has 0 amide bonds. The Morgan fingerprint density at radius 1 is 1.19 bits per heavy atom. The second kappa shape index (κ2) is 6.46. The number of fused-ring (bicyclic) bond motifs is 1. The van der Waals surface area contributed by atoms with Crippen LogP contribution >= 0.6 is 0 Å². The largest absolute Gasteiger partial charge is 0.381 e. The number of hydrogen-bond acceptors (Lipinski definition) is 3. The summed E-state index contributed by atoms with van der Waals surface area (Å²) in [4.78, 5) is 13.5. The second-order valence-corrected chi connectivity index (χ2v) is 9.55. The Labute approximate surface area is 162 Å². The predicted molar refractivity (Wildman–Crippen MR) is 109 cm³/mol. The highest BCUT2D eigenvalue weighted by atomic mass is 16.5. The van der Waals surface area contributed by atoms with Gasteiger partial charge in [-0.2, -0.15) is 0 Å². The van der Waals surface area contributed by atoms with E-state index in [-0.39, 0.29) is 22.5 Å². The molecule has 0 atom stereocenters. The van der Waals surface area contributed by atoms with E-state index in [1.54, 1.807) is 0 Å². The first-order valence-corrected chi connectivity index (χ1v) is 10.2. The number of nitrogens with zero attached hydrogens (tertiary/aromatic N) is 1. The van der Waals surface area contributed by atoms with Crippen LogP contribution in [0.4, 0.5) is 0 Å². The van der Waals surface area contributed by atoms with Gasteiger partial charge < -0.3 is 15.0 Å². The molecule has 2 aromatic rings. The maximum atomic E-state index is 13.5. The zero-order valence-corrected chi connectivity index (χ0v) is 17.0. The van der Waals surface area contributed by atoms with Gasteiger partial charge in [-0.3, -0.25) is 4.79 Å². The van der Waals surface area contributed by atoms with Crippen molar-refractivity contribution in [2.75, 3.05) is 13.2 Å². The number of aromatic nitrogens is 1. The van der Waals surface area contributed by atoms with E-state index in [2.05, 4.69) is 56.7 Å². The molecule has 1 aliphatic carbocycles. The van der Waals surface area contributed by atoms with Gasteiger partial charge in [-0.15, -0.1) is 0 Å². The van der Waals surface area contributed by atoms with E-state index in [0.717, 1.165) is 54.6 Å². The van der Waals surface area contributed by atoms with Gasteiger partial charge in [0.05, 0.1) is 0 Å². The first kappa shape index (κ1) is 18.7. The van der Waals surface area contributed by atoms with Crippen LogP contribution in [0.25, 0.3) is 10.9 Å². The van der Waals surface area contributed by atoms with Crippen LogP contribution in [0.2, 0.25) is 0 Å². The average Bonchev–Trinajstić information content (AvgIpc) is 2.91. The first-order valence-electron chi connectivity index (χ1n) is 10.2. The molecule has 2 aliphatic rings. The summed E-state index contributed by atoms with van der Waals surface area (Å²) in [5.74, 6) is 0.976. The van der Waals surface area contributed by atoms with Crippen molar-refractivity contribution in [1.29, 1.82) is 0 Å². The molecule has 1 saturated carbocycles. The van der Waals surface area contributed by atoms with E-state index in [0.29, 0.717) is 12.5 Å². The summed E-state index contributed by atoms with van der Waals surface area (Å²) in [6, 6.07) is 6.34. The Balaban J connectivity index is 1.74. The number of rotatable bonds is 5. The lowest BCUT2D eigenvalue weighted by Crippen LogP contribution is -2.20. The molecule has 1 aliphatic heterocycles. The van der Waals surface area contributed by atoms with Gasteiger partial charge in [0.2, 0.25) is 0 Å². The lowest BCUT2D eigenvalue weighted by Gasteiger charge is -2.22. The summed E-state index contributed by atoms with van der Waals surface area (Å²) >= 11 is 0. The molecule has 0 bridgehead atoms. The van der Waals surface area contributed by atoms with Gasteiger partial charge in [-0.25, -0.2) is 0 Å². The minimum atomic E-state index is 0.0463. The Bertz CT molecular complexity index is 858. The fourth-order valence-corrected chi connectivity index (χ4v) is 5.03. The Hall–Kier alpha value is -1.65. The molecule has 2 heterocycles. The number of ketones is 1. The summed E-state index contributed by atoms with van der Waals surface area (Å²) in [6.45, 7) is 12.0. The fraction of sp³-hybridized carbons (Fsp3) is 0.609. The molecule has 0 spiro atoms. The second-order valence-electron chi connectivity index (χ2n) is 9.55. The number of Topliss-reactive ketones (excluding diaryl/α,β-unsaturated/α-hetero) is 1. The minimum Gasteiger partial charge on any atom is -0.381 e. The predicted octanol–water partition coefficient (Wildman–Crippen LogP) is 4.39. The van der Waals surface area contributed by atoms with Gasteiger partial charge in [0.25, 0.3) is 0 Å². The number of ether oxygens (including phenoxy) is 1. The number of carbonyl (C=O) groups is 1. The molecule has 2 N–H and O–H groups in total. The molecule has 1 saturated heterocycles. The van der Waals surface area contributed by atoms with Gasteiger partial charge in [-0.1, -0.05) is 33.8 Å². The van der Waals surface area contributed by atoms with Crippen LogP contribution < -0.4 is 5.73 Å². The third-order valence-electron chi connectivity index (χ3n) is 7.53. The zero-order chi connectivity index (χ0) is 19.4. The molecule has 0 unspecified atom stereocenters. The Morgan fingerprint density at radius 2 is 1.85 bits per heavy atom.